The van der Waals surface area contributed by atoms with E-state index in [1.807, 2.05) is 19.9 Å². The van der Waals surface area contributed by atoms with Gasteiger partial charge < -0.3 is 0 Å². The first-order valence-electron chi connectivity index (χ1n) is 4.16. The van der Waals surface area contributed by atoms with Crippen LogP contribution in [-0.4, -0.2) is 11.3 Å². The van der Waals surface area contributed by atoms with Crippen molar-refractivity contribution in [1.29, 1.82) is 0 Å². The highest BCUT2D eigenvalue weighted by molar-refractivity contribution is 5.56. The second-order valence-corrected chi connectivity index (χ2v) is 2.29. The van der Waals surface area contributed by atoms with Crippen molar-refractivity contribution in [2.75, 3.05) is 0 Å². The summed E-state index contributed by atoms with van der Waals surface area (Å²) in [4.78, 5) is 0. The van der Waals surface area contributed by atoms with Crippen LogP contribution < -0.4 is 5.84 Å². The van der Waals surface area contributed by atoms with E-state index in [2.05, 4.69) is 11.7 Å². The summed E-state index contributed by atoms with van der Waals surface area (Å²) >= 11 is 0. The fourth-order valence-electron chi connectivity index (χ4n) is 0.716. The maximum Gasteiger partial charge on any atom is 0.0730 e. The molecule has 0 radical (unpaired) electrons. The van der Waals surface area contributed by atoms with Gasteiger partial charge in [-0.15, -0.1) is 0 Å². The molecule has 0 heterocycles. The maximum absolute atomic E-state index is 5.60. The van der Waals surface area contributed by atoms with Crippen molar-refractivity contribution in [3.8, 4) is 0 Å². The van der Waals surface area contributed by atoms with Gasteiger partial charge in [-0.1, -0.05) is 26.5 Å². The fraction of sp³-hybridized carbons (Fsp3) is 0.444. The lowest BCUT2D eigenvalue weighted by atomic mass is 10.3. The minimum Gasteiger partial charge on any atom is -0.226 e. The van der Waals surface area contributed by atoms with Crippen LogP contribution in [0.2, 0.25) is 0 Å². The third-order valence-corrected chi connectivity index (χ3v) is 1.28. The van der Waals surface area contributed by atoms with Gasteiger partial charge in [-0.2, -0.15) is 5.10 Å². The molecule has 0 saturated heterocycles. The monoisotopic (exact) mass is 167 g/mol. The van der Waals surface area contributed by atoms with Gasteiger partial charge in [0, 0.05) is 6.21 Å². The van der Waals surface area contributed by atoms with Crippen molar-refractivity contribution in [3.63, 3.8) is 0 Å². The molecule has 0 aliphatic rings. The van der Waals surface area contributed by atoms with E-state index in [-0.39, 0.29) is 0 Å². The highest BCUT2D eigenvalue weighted by atomic mass is 15.6. The molecule has 0 bridgehead atoms. The lowest BCUT2D eigenvalue weighted by molar-refractivity contribution is 0.394. The first kappa shape index (κ1) is 10.9. The minimum atomic E-state index is 0.835. The standard InChI is InChI=1S/C9H17N3/c1-4-7-9(6-3)12(10)11-8-5-2/h6-8H,3-5,10H2,1-2H3/b9-7-,11-8-. The molecule has 2 N–H and O–H groups in total. The molecular weight excluding hydrogens is 150 g/mol. The summed E-state index contributed by atoms with van der Waals surface area (Å²) in [6.07, 6.45) is 7.23. The van der Waals surface area contributed by atoms with Crippen molar-refractivity contribution in [3.05, 3.63) is 24.4 Å². The van der Waals surface area contributed by atoms with Crippen LogP contribution in [0.5, 0.6) is 0 Å². The van der Waals surface area contributed by atoms with Crippen molar-refractivity contribution in [2.24, 2.45) is 10.9 Å². The Morgan fingerprint density at radius 2 is 2.17 bits per heavy atom. The second-order valence-electron chi connectivity index (χ2n) is 2.29. The average molecular weight is 167 g/mol. The normalized spacial score (nSPS) is 12.1. The first-order valence-corrected chi connectivity index (χ1v) is 4.16. The fourth-order valence-corrected chi connectivity index (χ4v) is 0.716. The van der Waals surface area contributed by atoms with Crippen LogP contribution in [0.3, 0.4) is 0 Å². The molecule has 0 aromatic rings. The molecule has 0 aromatic carbocycles. The predicted molar refractivity (Wildman–Crippen MR) is 53.4 cm³/mol. The van der Waals surface area contributed by atoms with Crippen LogP contribution in [0.4, 0.5) is 0 Å². The second kappa shape index (κ2) is 6.61. The predicted octanol–water partition coefficient (Wildman–Crippen LogP) is 2.04. The molecule has 0 spiro atoms. The Kier molecular flexibility index (Phi) is 6.01. The Morgan fingerprint density at radius 3 is 2.58 bits per heavy atom. The number of nitrogens with two attached hydrogens (primary N) is 1. The Hall–Kier alpha value is -1.09. The first-order chi connectivity index (χ1) is 5.76. The smallest absolute Gasteiger partial charge is 0.0730 e. The largest absolute Gasteiger partial charge is 0.226 e. The number of hydrazine groups is 1. The van der Waals surface area contributed by atoms with Gasteiger partial charge in [-0.3, -0.25) is 0 Å². The Morgan fingerprint density at radius 1 is 1.50 bits per heavy atom. The molecule has 68 valence electrons. The number of hydrazone groups is 1. The van der Waals surface area contributed by atoms with Crippen LogP contribution >= 0.6 is 0 Å². The lowest BCUT2D eigenvalue weighted by Gasteiger charge is -2.12. The van der Waals surface area contributed by atoms with E-state index in [9.17, 15) is 0 Å². The van der Waals surface area contributed by atoms with E-state index >= 15 is 0 Å². The molecular formula is C9H17N3. The summed E-state index contributed by atoms with van der Waals surface area (Å²) < 4.78 is 0. The zero-order chi connectivity index (χ0) is 9.40. The van der Waals surface area contributed by atoms with Gasteiger partial charge >= 0.3 is 0 Å². The summed E-state index contributed by atoms with van der Waals surface area (Å²) in [5.74, 6) is 5.60. The van der Waals surface area contributed by atoms with Gasteiger partial charge in [0.25, 0.3) is 0 Å². The molecule has 0 saturated carbocycles. The maximum atomic E-state index is 5.60. The number of hydrogen-bond acceptors (Lipinski definition) is 3. The van der Waals surface area contributed by atoms with E-state index < -0.39 is 0 Å². The number of allylic oxidation sites excluding steroid dienone is 2. The zero-order valence-corrected chi connectivity index (χ0v) is 7.83. The molecule has 0 aliphatic carbocycles. The van der Waals surface area contributed by atoms with Crippen LogP contribution in [0, 0.1) is 0 Å². The highest BCUT2D eigenvalue weighted by Crippen LogP contribution is 2.01. The topological polar surface area (TPSA) is 41.6 Å². The summed E-state index contributed by atoms with van der Waals surface area (Å²) in [6, 6.07) is 0. The van der Waals surface area contributed by atoms with Gasteiger partial charge in [0.1, 0.15) is 0 Å². The van der Waals surface area contributed by atoms with E-state index in [0.29, 0.717) is 0 Å². The van der Waals surface area contributed by atoms with Crippen molar-refractivity contribution in [1.82, 2.24) is 5.12 Å². The van der Waals surface area contributed by atoms with Gasteiger partial charge in [-0.05, 0) is 18.9 Å². The molecule has 0 fully saturated rings. The summed E-state index contributed by atoms with van der Waals surface area (Å²) in [6.45, 7) is 7.70. The highest BCUT2D eigenvalue weighted by Gasteiger charge is 1.95. The van der Waals surface area contributed by atoms with Crippen molar-refractivity contribution >= 4 is 6.21 Å². The molecule has 3 nitrogen and oxygen atoms in total. The summed E-state index contributed by atoms with van der Waals surface area (Å²) in [5.41, 5.74) is 0.835. The molecule has 0 rings (SSSR count). The van der Waals surface area contributed by atoms with E-state index in [1.54, 1.807) is 12.3 Å². The van der Waals surface area contributed by atoms with Gasteiger partial charge in [0.05, 0.1) is 5.70 Å². The van der Waals surface area contributed by atoms with Crippen LogP contribution in [0.1, 0.15) is 26.7 Å². The van der Waals surface area contributed by atoms with Crippen LogP contribution in [0.15, 0.2) is 29.5 Å². The molecule has 0 atom stereocenters. The Labute approximate surface area is 74.2 Å². The number of hydrogen-bond donors (Lipinski definition) is 1. The van der Waals surface area contributed by atoms with E-state index in [1.165, 1.54) is 5.12 Å². The quantitative estimate of drug-likeness (QED) is 0.294. The van der Waals surface area contributed by atoms with E-state index in [0.717, 1.165) is 18.5 Å². The van der Waals surface area contributed by atoms with Crippen molar-refractivity contribution < 1.29 is 0 Å². The molecule has 12 heavy (non-hydrogen) atoms. The number of nitrogens with zero attached hydrogens (tertiary/aromatic N) is 2. The lowest BCUT2D eigenvalue weighted by Crippen LogP contribution is -2.23. The van der Waals surface area contributed by atoms with Gasteiger partial charge in [0.15, 0.2) is 0 Å². The minimum absolute atomic E-state index is 0.835. The molecule has 0 unspecified atom stereocenters. The average Bonchev–Trinajstić information content (AvgIpc) is 2.10. The Bertz CT molecular complexity index is 182. The van der Waals surface area contributed by atoms with Crippen LogP contribution in [-0.2, 0) is 0 Å². The summed E-state index contributed by atoms with van der Waals surface area (Å²) in [7, 11) is 0. The third-order valence-electron chi connectivity index (χ3n) is 1.28. The Balaban J connectivity index is 4.21. The van der Waals surface area contributed by atoms with Crippen LogP contribution in [0.25, 0.3) is 0 Å². The molecule has 3 heteroatoms. The molecule has 0 aliphatic heterocycles. The van der Waals surface area contributed by atoms with Gasteiger partial charge in [0.2, 0.25) is 0 Å². The molecule has 0 amide bonds. The summed E-state index contributed by atoms with van der Waals surface area (Å²) in [5, 5.41) is 5.31. The molecule has 0 aromatic heterocycles. The third kappa shape index (κ3) is 3.93. The van der Waals surface area contributed by atoms with Gasteiger partial charge in [-0.25, -0.2) is 11.0 Å². The van der Waals surface area contributed by atoms with E-state index in [4.69, 9.17) is 5.84 Å². The van der Waals surface area contributed by atoms with Crippen molar-refractivity contribution in [2.45, 2.75) is 26.7 Å². The zero-order valence-electron chi connectivity index (χ0n) is 7.83. The SMILES string of the molecule is C=C/C(=C/CC)N(N)/N=C\CC. The number of rotatable bonds is 5.